The quantitative estimate of drug-likeness (QED) is 0.829. The molecule has 92 valence electrons. The monoisotopic (exact) mass is 237 g/mol. The Bertz CT molecular complexity index is 569. The summed E-state index contributed by atoms with van der Waals surface area (Å²) in [5.74, 6) is -0.415. The maximum absolute atomic E-state index is 11.3. The molecule has 1 unspecified atom stereocenters. The molecule has 0 saturated heterocycles. The molecule has 1 aromatic heterocycles. The highest BCUT2D eigenvalue weighted by Gasteiger charge is 2.11. The third-order valence-electron chi connectivity index (χ3n) is 2.84. The largest absolute Gasteiger partial charge is 0.419 e. The minimum Gasteiger partial charge on any atom is -0.408 e. The fourth-order valence-corrected chi connectivity index (χ4v) is 1.81. The Morgan fingerprint density at radius 1 is 1.47 bits per heavy atom. The van der Waals surface area contributed by atoms with Gasteiger partial charge in [0.25, 0.3) is 0 Å². The molecule has 2 aromatic rings. The molecule has 5 nitrogen and oxygen atoms in total. The topological polar surface area (TPSA) is 75.6 Å². The van der Waals surface area contributed by atoms with Crippen LogP contribution in [0.5, 0.6) is 0 Å². The lowest BCUT2D eigenvalue weighted by molar-refractivity contribution is 0.152. The van der Waals surface area contributed by atoms with Crippen LogP contribution in [0.15, 0.2) is 27.4 Å². The van der Waals surface area contributed by atoms with Gasteiger partial charge >= 0.3 is 5.76 Å². The predicted octanol–water partition coefficient (Wildman–Crippen LogP) is 0.937. The second kappa shape index (κ2) is 4.73. The lowest BCUT2D eigenvalue weighted by Gasteiger charge is -2.09. The van der Waals surface area contributed by atoms with Gasteiger partial charge in [-0.2, -0.15) is 0 Å². The van der Waals surface area contributed by atoms with E-state index < -0.39 is 11.9 Å². The molecule has 1 aromatic carbocycles. The molecule has 2 N–H and O–H groups in total. The Morgan fingerprint density at radius 2 is 2.24 bits per heavy atom. The van der Waals surface area contributed by atoms with E-state index in [1.54, 1.807) is 25.2 Å². The van der Waals surface area contributed by atoms with E-state index in [0.29, 0.717) is 29.5 Å². The molecule has 0 aliphatic heterocycles. The minimum atomic E-state index is -0.642. The Hall–Kier alpha value is -1.59. The zero-order chi connectivity index (χ0) is 12.4. The van der Waals surface area contributed by atoms with Crippen molar-refractivity contribution in [2.24, 2.45) is 7.05 Å². The van der Waals surface area contributed by atoms with Gasteiger partial charge in [0, 0.05) is 13.7 Å². The molecule has 0 radical (unpaired) electrons. The number of aryl methyl sites for hydroxylation is 1. The van der Waals surface area contributed by atoms with E-state index in [-0.39, 0.29) is 6.61 Å². The van der Waals surface area contributed by atoms with E-state index in [1.165, 1.54) is 4.57 Å². The molecule has 1 atom stereocenters. The van der Waals surface area contributed by atoms with Crippen LogP contribution in [0.25, 0.3) is 11.1 Å². The zero-order valence-corrected chi connectivity index (χ0v) is 9.59. The molecule has 2 rings (SSSR count). The van der Waals surface area contributed by atoms with Gasteiger partial charge in [0.1, 0.15) is 0 Å². The Morgan fingerprint density at radius 3 is 2.94 bits per heavy atom. The lowest BCUT2D eigenvalue weighted by Crippen LogP contribution is -2.08. The van der Waals surface area contributed by atoms with E-state index in [4.69, 9.17) is 9.52 Å². The SMILES string of the molecule is Cn1c(=O)oc2cc(C(O)CCCO)ccc21. The van der Waals surface area contributed by atoms with Crippen molar-refractivity contribution in [2.75, 3.05) is 6.61 Å². The number of fused-ring (bicyclic) bond motifs is 1. The standard InChI is InChI=1S/C12H15NO4/c1-13-9-5-4-8(10(15)3-2-6-14)7-11(9)17-12(13)16/h4-5,7,10,14-15H,2-3,6H2,1H3. The normalized spacial score (nSPS) is 13.1. The first-order valence-corrected chi connectivity index (χ1v) is 5.52. The first kappa shape index (κ1) is 11.9. The van der Waals surface area contributed by atoms with Crippen molar-refractivity contribution in [1.29, 1.82) is 0 Å². The van der Waals surface area contributed by atoms with Gasteiger partial charge in [0.15, 0.2) is 5.58 Å². The molecule has 0 fully saturated rings. The molecular weight excluding hydrogens is 222 g/mol. The predicted molar refractivity (Wildman–Crippen MR) is 62.7 cm³/mol. The van der Waals surface area contributed by atoms with E-state index in [0.717, 1.165) is 0 Å². The zero-order valence-electron chi connectivity index (χ0n) is 9.59. The highest BCUT2D eigenvalue weighted by molar-refractivity contribution is 5.73. The summed E-state index contributed by atoms with van der Waals surface area (Å²) in [6.45, 7) is 0.0553. The molecule has 5 heteroatoms. The average molecular weight is 237 g/mol. The van der Waals surface area contributed by atoms with Crippen LogP contribution in [0, 0.1) is 0 Å². The summed E-state index contributed by atoms with van der Waals surface area (Å²) in [5.41, 5.74) is 1.87. The van der Waals surface area contributed by atoms with Crippen molar-refractivity contribution < 1.29 is 14.6 Å². The van der Waals surface area contributed by atoms with E-state index in [9.17, 15) is 9.90 Å². The van der Waals surface area contributed by atoms with Gasteiger partial charge in [-0.05, 0) is 30.5 Å². The number of hydrogen-bond donors (Lipinski definition) is 2. The molecule has 1 heterocycles. The van der Waals surface area contributed by atoms with Gasteiger partial charge in [-0.1, -0.05) is 6.07 Å². The van der Waals surface area contributed by atoms with Gasteiger partial charge < -0.3 is 14.6 Å². The van der Waals surface area contributed by atoms with Crippen LogP contribution in [0.1, 0.15) is 24.5 Å². The summed E-state index contributed by atoms with van der Waals surface area (Å²) in [6, 6.07) is 5.18. The highest BCUT2D eigenvalue weighted by Crippen LogP contribution is 2.22. The van der Waals surface area contributed by atoms with Crippen molar-refractivity contribution in [3.63, 3.8) is 0 Å². The third-order valence-corrected chi connectivity index (χ3v) is 2.84. The summed E-state index contributed by atoms with van der Waals surface area (Å²) in [7, 11) is 1.63. The molecule has 0 aliphatic rings. The van der Waals surface area contributed by atoms with Gasteiger partial charge in [-0.3, -0.25) is 4.57 Å². The summed E-state index contributed by atoms with van der Waals surface area (Å²) < 4.78 is 6.46. The second-order valence-electron chi connectivity index (χ2n) is 4.04. The number of aromatic nitrogens is 1. The maximum Gasteiger partial charge on any atom is 0.419 e. The van der Waals surface area contributed by atoms with Gasteiger partial charge in [-0.25, -0.2) is 4.79 Å². The van der Waals surface area contributed by atoms with Gasteiger partial charge in [0.2, 0.25) is 0 Å². The fourth-order valence-electron chi connectivity index (χ4n) is 1.81. The summed E-state index contributed by atoms with van der Waals surface area (Å²) in [5, 5.41) is 18.5. The number of aliphatic hydroxyl groups excluding tert-OH is 2. The number of rotatable bonds is 4. The molecule has 17 heavy (non-hydrogen) atoms. The van der Waals surface area contributed by atoms with E-state index in [2.05, 4.69) is 0 Å². The van der Waals surface area contributed by atoms with Gasteiger partial charge in [0.05, 0.1) is 11.6 Å². The molecule has 0 bridgehead atoms. The van der Waals surface area contributed by atoms with Crippen LogP contribution >= 0.6 is 0 Å². The van der Waals surface area contributed by atoms with Crippen molar-refractivity contribution in [1.82, 2.24) is 4.57 Å². The molecular formula is C12H15NO4. The number of oxazole rings is 1. The van der Waals surface area contributed by atoms with Crippen LogP contribution in [0.4, 0.5) is 0 Å². The summed E-state index contributed by atoms with van der Waals surface area (Å²) in [4.78, 5) is 11.3. The first-order chi connectivity index (χ1) is 8.13. The Labute approximate surface area is 97.9 Å². The van der Waals surface area contributed by atoms with Crippen molar-refractivity contribution in [3.8, 4) is 0 Å². The third kappa shape index (κ3) is 2.25. The highest BCUT2D eigenvalue weighted by atomic mass is 16.4. The van der Waals surface area contributed by atoms with E-state index >= 15 is 0 Å². The van der Waals surface area contributed by atoms with Crippen LogP contribution < -0.4 is 5.76 Å². The van der Waals surface area contributed by atoms with Crippen LogP contribution in [0.2, 0.25) is 0 Å². The molecule has 0 aliphatic carbocycles. The smallest absolute Gasteiger partial charge is 0.408 e. The molecule has 0 amide bonds. The van der Waals surface area contributed by atoms with Crippen LogP contribution in [0.3, 0.4) is 0 Å². The molecule has 0 saturated carbocycles. The second-order valence-corrected chi connectivity index (χ2v) is 4.04. The van der Waals surface area contributed by atoms with Crippen molar-refractivity contribution >= 4 is 11.1 Å². The summed E-state index contributed by atoms with van der Waals surface area (Å²) in [6.07, 6.45) is 0.383. The Balaban J connectivity index is 2.34. The van der Waals surface area contributed by atoms with Crippen molar-refractivity contribution in [2.45, 2.75) is 18.9 Å². The average Bonchev–Trinajstić information content (AvgIpc) is 2.61. The lowest BCUT2D eigenvalue weighted by atomic mass is 10.0. The van der Waals surface area contributed by atoms with Gasteiger partial charge in [-0.15, -0.1) is 0 Å². The van der Waals surface area contributed by atoms with Crippen LogP contribution in [-0.2, 0) is 7.05 Å². The Kier molecular flexibility index (Phi) is 3.31. The van der Waals surface area contributed by atoms with E-state index in [1.807, 2.05) is 0 Å². The number of hydrogen-bond acceptors (Lipinski definition) is 4. The minimum absolute atomic E-state index is 0.0553. The maximum atomic E-state index is 11.3. The number of benzene rings is 1. The van der Waals surface area contributed by atoms with Crippen molar-refractivity contribution in [3.05, 3.63) is 34.3 Å². The number of nitrogens with zero attached hydrogens (tertiary/aromatic N) is 1. The fraction of sp³-hybridized carbons (Fsp3) is 0.417. The summed E-state index contributed by atoms with van der Waals surface area (Å²) >= 11 is 0. The number of aliphatic hydroxyl groups is 2. The van der Waals surface area contributed by atoms with Crippen LogP contribution in [-0.4, -0.2) is 21.4 Å². The first-order valence-electron chi connectivity index (χ1n) is 5.52. The molecule has 0 spiro atoms.